The van der Waals surface area contributed by atoms with Gasteiger partial charge in [-0.15, -0.1) is 0 Å². The van der Waals surface area contributed by atoms with Crippen LogP contribution in [0.3, 0.4) is 0 Å². The number of hydrogen-bond donors (Lipinski definition) is 1. The minimum Gasteiger partial charge on any atom is -0.496 e. The molecule has 3 aromatic carbocycles. The van der Waals surface area contributed by atoms with Crippen LogP contribution in [-0.4, -0.2) is 78.3 Å². The Morgan fingerprint density at radius 1 is 0.786 bits per heavy atom. The number of hydrogen-bond acceptors (Lipinski definition) is 7. The smallest absolute Gasteiger partial charge is 0.124 e. The second-order valence-electron chi connectivity index (χ2n) is 11.0. The number of rotatable bonds is 18. The van der Waals surface area contributed by atoms with Gasteiger partial charge in [-0.05, 0) is 81.8 Å². The largest absolute Gasteiger partial charge is 0.496 e. The van der Waals surface area contributed by atoms with Crippen molar-refractivity contribution < 1.29 is 23.7 Å². The zero-order valence-electron chi connectivity index (χ0n) is 25.6. The van der Waals surface area contributed by atoms with Crippen LogP contribution in [0.4, 0.5) is 0 Å². The Hall–Kier alpha value is -3.10. The van der Waals surface area contributed by atoms with Crippen molar-refractivity contribution >= 4 is 0 Å². The lowest BCUT2D eigenvalue weighted by Crippen LogP contribution is -2.41. The van der Waals surface area contributed by atoms with Gasteiger partial charge in [-0.1, -0.05) is 48.5 Å². The van der Waals surface area contributed by atoms with E-state index >= 15 is 0 Å². The highest BCUT2D eigenvalue weighted by atomic mass is 16.5. The molecular weight excluding hydrogens is 528 g/mol. The summed E-state index contributed by atoms with van der Waals surface area (Å²) in [7, 11) is 5.90. The van der Waals surface area contributed by atoms with Crippen molar-refractivity contribution in [1.82, 2.24) is 10.2 Å². The molecule has 2 unspecified atom stereocenters. The van der Waals surface area contributed by atoms with Gasteiger partial charge >= 0.3 is 0 Å². The molecule has 2 atom stereocenters. The molecule has 3 aromatic rings. The first-order valence-corrected chi connectivity index (χ1v) is 15.2. The van der Waals surface area contributed by atoms with E-state index in [9.17, 15) is 0 Å². The van der Waals surface area contributed by atoms with E-state index in [1.165, 1.54) is 11.1 Å². The Morgan fingerprint density at radius 2 is 1.55 bits per heavy atom. The average Bonchev–Trinajstić information content (AvgIpc) is 3.02. The van der Waals surface area contributed by atoms with Crippen molar-refractivity contribution in [2.75, 3.05) is 67.3 Å². The van der Waals surface area contributed by atoms with E-state index in [0.717, 1.165) is 68.1 Å². The Morgan fingerprint density at radius 3 is 2.33 bits per heavy atom. The predicted octanol–water partition coefficient (Wildman–Crippen LogP) is 5.72. The molecular formula is C35H48N2O5. The van der Waals surface area contributed by atoms with Crippen LogP contribution in [0.15, 0.2) is 72.8 Å². The standard InChI is InChI=1S/C35H48N2O5/c1-37(2)21-8-12-29-10-4-7-14-34(29)41-24-25-42-35-26-36-20-19-32(35)28-15-17-31(18-16-28)40-23-9-22-39-27-30-11-5-6-13-33(30)38-3/h4-7,10-11,13-18,32,35-36H,8-9,12,19-27H2,1-3H3. The molecule has 0 radical (unpaired) electrons. The summed E-state index contributed by atoms with van der Waals surface area (Å²) < 4.78 is 29.7. The predicted molar refractivity (Wildman–Crippen MR) is 168 cm³/mol. The lowest BCUT2D eigenvalue weighted by Gasteiger charge is -2.32. The minimum absolute atomic E-state index is 0.116. The van der Waals surface area contributed by atoms with Gasteiger partial charge < -0.3 is 33.9 Å². The van der Waals surface area contributed by atoms with E-state index in [1.54, 1.807) is 7.11 Å². The third-order valence-corrected chi connectivity index (χ3v) is 7.58. The molecule has 1 aliphatic heterocycles. The molecule has 1 N–H and O–H groups in total. The average molecular weight is 577 g/mol. The number of nitrogens with zero attached hydrogens (tertiary/aromatic N) is 1. The second-order valence-corrected chi connectivity index (χ2v) is 11.0. The molecule has 0 saturated carbocycles. The van der Waals surface area contributed by atoms with Gasteiger partial charge in [-0.2, -0.15) is 0 Å². The molecule has 0 amide bonds. The molecule has 0 spiro atoms. The summed E-state index contributed by atoms with van der Waals surface area (Å²) in [6.07, 6.45) is 4.11. The van der Waals surface area contributed by atoms with Gasteiger partial charge in [0.1, 0.15) is 23.9 Å². The highest BCUT2D eigenvalue weighted by Crippen LogP contribution is 2.29. The number of piperidine rings is 1. The molecule has 1 aliphatic rings. The maximum Gasteiger partial charge on any atom is 0.124 e. The van der Waals surface area contributed by atoms with Crippen LogP contribution in [-0.2, 0) is 22.5 Å². The zero-order chi connectivity index (χ0) is 29.4. The van der Waals surface area contributed by atoms with Gasteiger partial charge in [0, 0.05) is 24.4 Å². The maximum atomic E-state index is 6.36. The SMILES string of the molecule is COc1ccccc1COCCCOc1ccc(C2CCNCC2OCCOc2ccccc2CCCN(C)C)cc1. The molecule has 228 valence electrons. The van der Waals surface area contributed by atoms with Gasteiger partial charge in [0.2, 0.25) is 0 Å². The molecule has 1 fully saturated rings. The summed E-state index contributed by atoms with van der Waals surface area (Å²) in [5, 5.41) is 3.49. The first kappa shape index (κ1) is 31.8. The molecule has 1 saturated heterocycles. The fourth-order valence-electron chi connectivity index (χ4n) is 5.34. The molecule has 42 heavy (non-hydrogen) atoms. The quantitative estimate of drug-likeness (QED) is 0.195. The first-order valence-electron chi connectivity index (χ1n) is 15.2. The highest BCUT2D eigenvalue weighted by Gasteiger charge is 2.27. The van der Waals surface area contributed by atoms with Crippen molar-refractivity contribution in [2.45, 2.75) is 44.3 Å². The van der Waals surface area contributed by atoms with Crippen LogP contribution in [0.25, 0.3) is 0 Å². The van der Waals surface area contributed by atoms with Gasteiger partial charge in [0.05, 0.1) is 39.6 Å². The van der Waals surface area contributed by atoms with Crippen molar-refractivity contribution in [3.8, 4) is 17.2 Å². The highest BCUT2D eigenvalue weighted by molar-refractivity contribution is 5.34. The summed E-state index contributed by atoms with van der Waals surface area (Å²) in [6, 6.07) is 24.8. The molecule has 7 nitrogen and oxygen atoms in total. The van der Waals surface area contributed by atoms with E-state index in [-0.39, 0.29) is 6.10 Å². The number of para-hydroxylation sites is 2. The number of benzene rings is 3. The van der Waals surface area contributed by atoms with Crippen molar-refractivity contribution in [1.29, 1.82) is 0 Å². The zero-order valence-corrected chi connectivity index (χ0v) is 25.6. The summed E-state index contributed by atoms with van der Waals surface area (Å²) in [5.74, 6) is 3.06. The van der Waals surface area contributed by atoms with E-state index < -0.39 is 0 Å². The number of aryl methyl sites for hydroxylation is 1. The fourth-order valence-corrected chi connectivity index (χ4v) is 5.34. The second kappa shape index (κ2) is 17.8. The molecule has 7 heteroatoms. The summed E-state index contributed by atoms with van der Waals surface area (Å²) in [5.41, 5.74) is 3.61. The fraction of sp³-hybridized carbons (Fsp3) is 0.486. The molecule has 1 heterocycles. The Labute approximate surface area is 252 Å². The monoisotopic (exact) mass is 576 g/mol. The third-order valence-electron chi connectivity index (χ3n) is 7.58. The first-order chi connectivity index (χ1) is 20.6. The summed E-state index contributed by atoms with van der Waals surface area (Å²) in [6.45, 7) is 5.81. The third kappa shape index (κ3) is 10.3. The number of nitrogens with one attached hydrogen (secondary N) is 1. The van der Waals surface area contributed by atoms with Crippen LogP contribution in [0.2, 0.25) is 0 Å². The molecule has 0 aromatic heterocycles. The van der Waals surface area contributed by atoms with Crippen LogP contribution < -0.4 is 19.5 Å². The Bertz CT molecular complexity index is 1170. The maximum absolute atomic E-state index is 6.36. The summed E-state index contributed by atoms with van der Waals surface area (Å²) in [4.78, 5) is 2.22. The van der Waals surface area contributed by atoms with Crippen molar-refractivity contribution in [3.63, 3.8) is 0 Å². The van der Waals surface area contributed by atoms with Crippen molar-refractivity contribution in [3.05, 3.63) is 89.5 Å². The Kier molecular flexibility index (Phi) is 13.5. The van der Waals surface area contributed by atoms with E-state index in [4.69, 9.17) is 23.7 Å². The molecule has 4 rings (SSSR count). The van der Waals surface area contributed by atoms with Crippen molar-refractivity contribution in [2.24, 2.45) is 0 Å². The topological polar surface area (TPSA) is 61.4 Å². The van der Waals surface area contributed by atoms with Crippen LogP contribution >= 0.6 is 0 Å². The molecule has 0 bridgehead atoms. The van der Waals surface area contributed by atoms with Crippen LogP contribution in [0.1, 0.15) is 41.9 Å². The van der Waals surface area contributed by atoms with Gasteiger partial charge in [0.25, 0.3) is 0 Å². The van der Waals surface area contributed by atoms with Gasteiger partial charge in [-0.3, -0.25) is 0 Å². The lowest BCUT2D eigenvalue weighted by atomic mass is 9.88. The number of ether oxygens (including phenoxy) is 5. The van der Waals surface area contributed by atoms with Gasteiger partial charge in [0.15, 0.2) is 0 Å². The summed E-state index contributed by atoms with van der Waals surface area (Å²) >= 11 is 0. The Balaban J connectivity index is 1.17. The van der Waals surface area contributed by atoms with E-state index in [2.05, 4.69) is 66.8 Å². The number of methoxy groups -OCH3 is 1. The lowest BCUT2D eigenvalue weighted by molar-refractivity contribution is 0.00720. The normalized spacial score (nSPS) is 16.9. The minimum atomic E-state index is 0.116. The molecule has 0 aliphatic carbocycles. The van der Waals surface area contributed by atoms with Gasteiger partial charge in [-0.25, -0.2) is 0 Å². The van der Waals surface area contributed by atoms with E-state index in [0.29, 0.717) is 39.0 Å². The van der Waals surface area contributed by atoms with Crippen LogP contribution in [0.5, 0.6) is 17.2 Å². The van der Waals surface area contributed by atoms with Crippen LogP contribution in [0, 0.1) is 0 Å². The van der Waals surface area contributed by atoms with E-state index in [1.807, 2.05) is 30.3 Å².